The van der Waals surface area contributed by atoms with Crippen molar-refractivity contribution in [2.75, 3.05) is 19.6 Å². The highest BCUT2D eigenvalue weighted by atomic mass is 15.2. The summed E-state index contributed by atoms with van der Waals surface area (Å²) in [4.78, 5) is 2.68. The van der Waals surface area contributed by atoms with Crippen LogP contribution in [0.2, 0.25) is 0 Å². The van der Waals surface area contributed by atoms with E-state index in [0.717, 1.165) is 13.1 Å². The van der Waals surface area contributed by atoms with Crippen molar-refractivity contribution in [3.63, 3.8) is 0 Å². The van der Waals surface area contributed by atoms with Crippen LogP contribution >= 0.6 is 0 Å². The zero-order valence-electron chi connectivity index (χ0n) is 12.7. The maximum absolute atomic E-state index is 3.73. The lowest BCUT2D eigenvalue weighted by Gasteiger charge is -2.37. The van der Waals surface area contributed by atoms with E-state index in [4.69, 9.17) is 0 Å². The van der Waals surface area contributed by atoms with E-state index >= 15 is 0 Å². The maximum atomic E-state index is 3.73. The molecule has 1 aliphatic rings. The lowest BCUT2D eigenvalue weighted by atomic mass is 9.95. The zero-order valence-corrected chi connectivity index (χ0v) is 12.7. The Balaban J connectivity index is 2.17. The van der Waals surface area contributed by atoms with E-state index in [-0.39, 0.29) is 5.54 Å². The molecule has 0 bridgehead atoms. The van der Waals surface area contributed by atoms with E-state index in [1.54, 1.807) is 0 Å². The summed E-state index contributed by atoms with van der Waals surface area (Å²) in [6.45, 7) is 10.5. The molecule has 2 unspecified atom stereocenters. The van der Waals surface area contributed by atoms with Gasteiger partial charge in [-0.05, 0) is 38.3 Å². The molecule has 1 aliphatic heterocycles. The molecule has 1 aromatic rings. The topological polar surface area (TPSA) is 15.3 Å². The number of benzene rings is 1. The summed E-state index contributed by atoms with van der Waals surface area (Å²) in [5, 5.41) is 3.73. The van der Waals surface area contributed by atoms with Gasteiger partial charge in [-0.2, -0.15) is 0 Å². The van der Waals surface area contributed by atoms with Gasteiger partial charge >= 0.3 is 0 Å². The molecule has 0 spiro atoms. The molecule has 2 atom stereocenters. The minimum Gasteiger partial charge on any atom is -0.310 e. The van der Waals surface area contributed by atoms with Crippen LogP contribution < -0.4 is 5.32 Å². The standard InChI is InChI=1S/C17H28N2/c1-4-16(15-10-7-6-8-11-15)19-13-9-12-18-17(3,5-2)14-19/h6-8,10-11,16,18H,4-5,9,12-14H2,1-3H3. The Hall–Kier alpha value is -0.860. The zero-order chi connectivity index (χ0) is 13.7. The van der Waals surface area contributed by atoms with Gasteiger partial charge in [0.05, 0.1) is 0 Å². The van der Waals surface area contributed by atoms with Crippen molar-refractivity contribution in [2.24, 2.45) is 0 Å². The van der Waals surface area contributed by atoms with E-state index in [1.165, 1.54) is 31.4 Å². The molecule has 2 heteroatoms. The third-order valence-corrected chi connectivity index (χ3v) is 4.52. The molecule has 0 saturated carbocycles. The third kappa shape index (κ3) is 3.58. The van der Waals surface area contributed by atoms with Crippen LogP contribution in [0.25, 0.3) is 0 Å². The summed E-state index contributed by atoms with van der Waals surface area (Å²) in [6.07, 6.45) is 3.62. The van der Waals surface area contributed by atoms with Gasteiger partial charge in [0.25, 0.3) is 0 Å². The predicted octanol–water partition coefficient (Wildman–Crippen LogP) is 3.60. The monoisotopic (exact) mass is 260 g/mol. The molecular formula is C17H28N2. The molecule has 0 amide bonds. The van der Waals surface area contributed by atoms with Gasteiger partial charge in [0.2, 0.25) is 0 Å². The van der Waals surface area contributed by atoms with Crippen LogP contribution in [-0.4, -0.2) is 30.1 Å². The summed E-state index contributed by atoms with van der Waals surface area (Å²) >= 11 is 0. The van der Waals surface area contributed by atoms with Gasteiger partial charge < -0.3 is 5.32 Å². The second-order valence-corrected chi connectivity index (χ2v) is 6.00. The molecule has 1 aromatic carbocycles. The van der Waals surface area contributed by atoms with Gasteiger partial charge in [-0.1, -0.05) is 44.2 Å². The molecule has 2 rings (SSSR count). The van der Waals surface area contributed by atoms with E-state index in [1.807, 2.05) is 0 Å². The van der Waals surface area contributed by atoms with Crippen LogP contribution in [0.15, 0.2) is 30.3 Å². The van der Waals surface area contributed by atoms with Gasteiger partial charge in [-0.25, -0.2) is 0 Å². The van der Waals surface area contributed by atoms with Crippen molar-refractivity contribution in [1.29, 1.82) is 0 Å². The van der Waals surface area contributed by atoms with Crippen molar-refractivity contribution < 1.29 is 0 Å². The van der Waals surface area contributed by atoms with Gasteiger partial charge in [0.1, 0.15) is 0 Å². The van der Waals surface area contributed by atoms with E-state index in [9.17, 15) is 0 Å². The first-order chi connectivity index (χ1) is 9.18. The Kier molecular flexibility index (Phi) is 5.00. The number of nitrogens with one attached hydrogen (secondary N) is 1. The van der Waals surface area contributed by atoms with Crippen molar-refractivity contribution in [1.82, 2.24) is 10.2 Å². The Morgan fingerprint density at radius 3 is 2.63 bits per heavy atom. The number of nitrogens with zero attached hydrogens (tertiary/aromatic N) is 1. The summed E-state index contributed by atoms with van der Waals surface area (Å²) in [7, 11) is 0. The Morgan fingerprint density at radius 1 is 1.26 bits per heavy atom. The molecule has 0 aliphatic carbocycles. The highest BCUT2D eigenvalue weighted by Crippen LogP contribution is 2.28. The summed E-state index contributed by atoms with van der Waals surface area (Å²) in [6, 6.07) is 11.5. The van der Waals surface area contributed by atoms with E-state index in [2.05, 4.69) is 61.3 Å². The summed E-state index contributed by atoms with van der Waals surface area (Å²) < 4.78 is 0. The first-order valence-electron chi connectivity index (χ1n) is 7.72. The molecule has 19 heavy (non-hydrogen) atoms. The number of rotatable bonds is 4. The van der Waals surface area contributed by atoms with Crippen molar-refractivity contribution in [2.45, 2.75) is 51.6 Å². The first-order valence-corrected chi connectivity index (χ1v) is 7.72. The second-order valence-electron chi connectivity index (χ2n) is 6.00. The van der Waals surface area contributed by atoms with Crippen LogP contribution in [0, 0.1) is 0 Å². The molecule has 1 fully saturated rings. The van der Waals surface area contributed by atoms with Crippen molar-refractivity contribution >= 4 is 0 Å². The molecular weight excluding hydrogens is 232 g/mol. The minimum atomic E-state index is 0.263. The Labute approximate surface area is 118 Å². The van der Waals surface area contributed by atoms with Crippen LogP contribution in [0.4, 0.5) is 0 Å². The first kappa shape index (κ1) is 14.5. The lowest BCUT2D eigenvalue weighted by Crippen LogP contribution is -2.49. The average Bonchev–Trinajstić information content (AvgIpc) is 2.64. The Bertz CT molecular complexity index is 376. The molecule has 1 saturated heterocycles. The fraction of sp³-hybridized carbons (Fsp3) is 0.647. The van der Waals surface area contributed by atoms with Crippen molar-refractivity contribution in [3.05, 3.63) is 35.9 Å². The average molecular weight is 260 g/mol. The summed E-state index contributed by atoms with van der Waals surface area (Å²) in [5.74, 6) is 0. The highest BCUT2D eigenvalue weighted by Gasteiger charge is 2.30. The number of hydrogen-bond acceptors (Lipinski definition) is 2. The molecule has 1 N–H and O–H groups in total. The van der Waals surface area contributed by atoms with Gasteiger partial charge in [0.15, 0.2) is 0 Å². The fourth-order valence-corrected chi connectivity index (χ4v) is 3.14. The smallest absolute Gasteiger partial charge is 0.0346 e. The quantitative estimate of drug-likeness (QED) is 0.890. The third-order valence-electron chi connectivity index (χ3n) is 4.52. The van der Waals surface area contributed by atoms with Crippen LogP contribution in [0.3, 0.4) is 0 Å². The van der Waals surface area contributed by atoms with Crippen LogP contribution in [0.5, 0.6) is 0 Å². The molecule has 106 valence electrons. The SMILES string of the molecule is CCC(c1ccccc1)N1CCCNC(C)(CC)C1. The van der Waals surface area contributed by atoms with E-state index in [0.29, 0.717) is 6.04 Å². The largest absolute Gasteiger partial charge is 0.310 e. The van der Waals surface area contributed by atoms with Gasteiger partial charge in [-0.15, -0.1) is 0 Å². The number of hydrogen-bond donors (Lipinski definition) is 1. The maximum Gasteiger partial charge on any atom is 0.0346 e. The van der Waals surface area contributed by atoms with Gasteiger partial charge in [0, 0.05) is 24.7 Å². The van der Waals surface area contributed by atoms with Crippen molar-refractivity contribution in [3.8, 4) is 0 Å². The minimum absolute atomic E-state index is 0.263. The highest BCUT2D eigenvalue weighted by molar-refractivity contribution is 5.19. The fourth-order valence-electron chi connectivity index (χ4n) is 3.14. The molecule has 0 radical (unpaired) electrons. The molecule has 0 aromatic heterocycles. The van der Waals surface area contributed by atoms with Crippen LogP contribution in [0.1, 0.15) is 51.6 Å². The van der Waals surface area contributed by atoms with E-state index < -0.39 is 0 Å². The lowest BCUT2D eigenvalue weighted by molar-refractivity contribution is 0.156. The Morgan fingerprint density at radius 2 is 2.00 bits per heavy atom. The summed E-state index contributed by atoms with van der Waals surface area (Å²) in [5.41, 5.74) is 1.73. The second kappa shape index (κ2) is 6.53. The normalized spacial score (nSPS) is 26.9. The van der Waals surface area contributed by atoms with Gasteiger partial charge in [-0.3, -0.25) is 4.90 Å². The van der Waals surface area contributed by atoms with Crippen LogP contribution in [-0.2, 0) is 0 Å². The molecule has 1 heterocycles. The molecule has 2 nitrogen and oxygen atoms in total. The predicted molar refractivity (Wildman–Crippen MR) is 82.4 cm³/mol.